The van der Waals surface area contributed by atoms with Crippen LogP contribution >= 0.6 is 11.6 Å². The lowest BCUT2D eigenvalue weighted by Crippen LogP contribution is -2.06. The largest absolute Gasteiger partial charge is 0.461 e. The van der Waals surface area contributed by atoms with E-state index in [1.807, 2.05) is 0 Å². The summed E-state index contributed by atoms with van der Waals surface area (Å²) in [5.74, 6) is 0.502. The third-order valence-electron chi connectivity index (χ3n) is 2.88. The van der Waals surface area contributed by atoms with Crippen molar-refractivity contribution in [3.05, 3.63) is 53.4 Å². The number of carbonyl (C=O) groups excluding carboxylic acids is 1. The van der Waals surface area contributed by atoms with Crippen molar-refractivity contribution in [1.29, 1.82) is 0 Å². The normalized spacial score (nSPS) is 10.6. The summed E-state index contributed by atoms with van der Waals surface area (Å²) in [6.45, 7) is 2.04. The molecule has 22 heavy (non-hydrogen) atoms. The lowest BCUT2D eigenvalue weighted by atomic mass is 10.3. The Hall–Kier alpha value is -2.60. The van der Waals surface area contributed by atoms with Crippen molar-refractivity contribution >= 4 is 17.6 Å². The predicted molar refractivity (Wildman–Crippen MR) is 80.0 cm³/mol. The van der Waals surface area contributed by atoms with Gasteiger partial charge in [-0.05, 0) is 31.2 Å². The fourth-order valence-electron chi connectivity index (χ4n) is 1.91. The Bertz CT molecular complexity index is 810. The van der Waals surface area contributed by atoms with Crippen LogP contribution < -0.4 is 0 Å². The molecule has 7 heteroatoms. The van der Waals surface area contributed by atoms with E-state index < -0.39 is 5.97 Å². The molecule has 0 N–H and O–H groups in total. The zero-order valence-electron chi connectivity index (χ0n) is 11.7. The minimum Gasteiger partial charge on any atom is -0.461 e. The highest BCUT2D eigenvalue weighted by atomic mass is 35.5. The number of ether oxygens (including phenoxy) is 1. The molecule has 0 spiro atoms. The molecule has 3 aromatic heterocycles. The van der Waals surface area contributed by atoms with Crippen molar-refractivity contribution in [2.75, 3.05) is 6.61 Å². The van der Waals surface area contributed by atoms with Crippen LogP contribution in [0.3, 0.4) is 0 Å². The lowest BCUT2D eigenvalue weighted by molar-refractivity contribution is 0.0519. The van der Waals surface area contributed by atoms with Crippen LogP contribution in [-0.2, 0) is 4.74 Å². The van der Waals surface area contributed by atoms with Gasteiger partial charge in [0.15, 0.2) is 11.5 Å². The number of furan rings is 1. The van der Waals surface area contributed by atoms with E-state index in [0.29, 0.717) is 29.0 Å². The number of hydrogen-bond donors (Lipinski definition) is 0. The van der Waals surface area contributed by atoms with Crippen molar-refractivity contribution < 1.29 is 13.9 Å². The Morgan fingerprint density at radius 3 is 3.00 bits per heavy atom. The summed E-state index contributed by atoms with van der Waals surface area (Å²) in [5.41, 5.74) is 0.767. The Balaban J connectivity index is 1.88. The van der Waals surface area contributed by atoms with Crippen LogP contribution in [0, 0.1) is 0 Å². The summed E-state index contributed by atoms with van der Waals surface area (Å²) >= 11 is 6.09. The van der Waals surface area contributed by atoms with Gasteiger partial charge in [-0.2, -0.15) is 5.10 Å². The maximum absolute atomic E-state index is 11.6. The monoisotopic (exact) mass is 317 g/mol. The second-order valence-corrected chi connectivity index (χ2v) is 4.74. The van der Waals surface area contributed by atoms with Crippen LogP contribution in [0.4, 0.5) is 0 Å². The molecule has 0 radical (unpaired) electrons. The molecule has 0 aliphatic heterocycles. The molecule has 0 unspecified atom stereocenters. The Kier molecular flexibility index (Phi) is 3.93. The standard InChI is InChI=1S/C15H12ClN3O3/c1-2-21-15(20)11-7-9-19(18-11)13-6-5-12(22-13)14-10(16)4-3-8-17-14/h3-9H,2H2,1H3. The molecule has 3 rings (SSSR count). The minimum absolute atomic E-state index is 0.218. The topological polar surface area (TPSA) is 70.2 Å². The van der Waals surface area contributed by atoms with Crippen LogP contribution in [0.1, 0.15) is 17.4 Å². The first kappa shape index (κ1) is 14.3. The molecule has 0 saturated carbocycles. The van der Waals surface area contributed by atoms with Gasteiger partial charge in [0.2, 0.25) is 5.88 Å². The van der Waals surface area contributed by atoms with Crippen LogP contribution in [0.5, 0.6) is 0 Å². The van der Waals surface area contributed by atoms with Gasteiger partial charge in [-0.25, -0.2) is 9.48 Å². The van der Waals surface area contributed by atoms with Crippen molar-refractivity contribution in [2.45, 2.75) is 6.92 Å². The third-order valence-corrected chi connectivity index (χ3v) is 3.19. The summed E-state index contributed by atoms with van der Waals surface area (Å²) in [5, 5.41) is 4.62. The van der Waals surface area contributed by atoms with E-state index >= 15 is 0 Å². The molecule has 6 nitrogen and oxygen atoms in total. The summed E-state index contributed by atoms with van der Waals surface area (Å²) in [7, 11) is 0. The first-order valence-corrected chi connectivity index (χ1v) is 7.00. The summed E-state index contributed by atoms with van der Waals surface area (Å²) in [4.78, 5) is 15.8. The third kappa shape index (κ3) is 2.73. The summed E-state index contributed by atoms with van der Waals surface area (Å²) in [6, 6.07) is 8.51. The smallest absolute Gasteiger partial charge is 0.358 e. The van der Waals surface area contributed by atoms with E-state index in [4.69, 9.17) is 20.8 Å². The van der Waals surface area contributed by atoms with Crippen LogP contribution in [0.15, 0.2) is 47.1 Å². The first-order chi connectivity index (χ1) is 10.7. The molecule has 0 bridgehead atoms. The molecule has 0 aliphatic rings. The van der Waals surface area contributed by atoms with Gasteiger partial charge in [0.1, 0.15) is 5.69 Å². The molecule has 0 aromatic carbocycles. The molecule has 0 aliphatic carbocycles. The summed E-state index contributed by atoms with van der Waals surface area (Å²) < 4.78 is 12.0. The predicted octanol–water partition coefficient (Wildman–Crippen LogP) is 3.36. The van der Waals surface area contributed by atoms with E-state index in [0.717, 1.165) is 0 Å². The van der Waals surface area contributed by atoms with Crippen molar-refractivity contribution in [2.24, 2.45) is 0 Å². The van der Waals surface area contributed by atoms with Crippen molar-refractivity contribution in [1.82, 2.24) is 14.8 Å². The number of halogens is 1. The van der Waals surface area contributed by atoms with Crippen molar-refractivity contribution in [3.8, 4) is 17.3 Å². The van der Waals surface area contributed by atoms with Crippen molar-refractivity contribution in [3.63, 3.8) is 0 Å². The zero-order valence-corrected chi connectivity index (χ0v) is 12.4. The number of hydrogen-bond acceptors (Lipinski definition) is 5. The zero-order chi connectivity index (χ0) is 15.5. The number of rotatable bonds is 4. The quantitative estimate of drug-likeness (QED) is 0.690. The number of pyridine rings is 1. The molecule has 0 fully saturated rings. The van der Waals surface area contributed by atoms with Gasteiger partial charge in [0, 0.05) is 18.5 Å². The van der Waals surface area contributed by atoms with Gasteiger partial charge in [0.05, 0.1) is 11.6 Å². The fraction of sp³-hybridized carbons (Fsp3) is 0.133. The van der Waals surface area contributed by atoms with Gasteiger partial charge >= 0.3 is 5.97 Å². The molecule has 0 amide bonds. The van der Waals surface area contributed by atoms with E-state index in [9.17, 15) is 4.79 Å². The SMILES string of the molecule is CCOC(=O)c1ccn(-c2ccc(-c3ncccc3Cl)o2)n1. The molecule has 112 valence electrons. The molecule has 0 saturated heterocycles. The molecular weight excluding hydrogens is 306 g/mol. The van der Waals surface area contributed by atoms with Gasteiger partial charge in [-0.1, -0.05) is 11.6 Å². The number of aromatic nitrogens is 3. The van der Waals surface area contributed by atoms with E-state index in [-0.39, 0.29) is 5.69 Å². The van der Waals surface area contributed by atoms with E-state index in [1.165, 1.54) is 4.68 Å². The number of nitrogens with zero attached hydrogens (tertiary/aromatic N) is 3. The van der Waals surface area contributed by atoms with E-state index in [2.05, 4.69) is 10.1 Å². The number of esters is 1. The van der Waals surface area contributed by atoms with Gasteiger partial charge < -0.3 is 9.15 Å². The first-order valence-electron chi connectivity index (χ1n) is 6.63. The van der Waals surface area contributed by atoms with Gasteiger partial charge in [-0.15, -0.1) is 0 Å². The molecule has 3 aromatic rings. The summed E-state index contributed by atoms with van der Waals surface area (Å²) in [6.07, 6.45) is 3.26. The minimum atomic E-state index is -0.471. The maximum Gasteiger partial charge on any atom is 0.358 e. The molecular formula is C15H12ClN3O3. The van der Waals surface area contributed by atoms with Gasteiger partial charge in [0.25, 0.3) is 0 Å². The highest BCUT2D eigenvalue weighted by molar-refractivity contribution is 6.32. The van der Waals surface area contributed by atoms with E-state index in [1.54, 1.807) is 49.6 Å². The number of carbonyl (C=O) groups is 1. The van der Waals surface area contributed by atoms with Crippen LogP contribution in [0.2, 0.25) is 5.02 Å². The fourth-order valence-corrected chi connectivity index (χ4v) is 2.12. The Morgan fingerprint density at radius 1 is 1.36 bits per heavy atom. The maximum atomic E-state index is 11.6. The molecule has 0 atom stereocenters. The average Bonchev–Trinajstić information content (AvgIpc) is 3.17. The van der Waals surface area contributed by atoms with Crippen LogP contribution in [-0.4, -0.2) is 27.3 Å². The van der Waals surface area contributed by atoms with Crippen LogP contribution in [0.25, 0.3) is 17.3 Å². The Labute approximate surface area is 131 Å². The highest BCUT2D eigenvalue weighted by Gasteiger charge is 2.14. The van der Waals surface area contributed by atoms with Gasteiger partial charge in [-0.3, -0.25) is 4.98 Å². The second kappa shape index (κ2) is 6.03. The lowest BCUT2D eigenvalue weighted by Gasteiger charge is -1.99. The Morgan fingerprint density at radius 2 is 2.23 bits per heavy atom. The average molecular weight is 318 g/mol. The highest BCUT2D eigenvalue weighted by Crippen LogP contribution is 2.27. The second-order valence-electron chi connectivity index (χ2n) is 4.34. The molecule has 3 heterocycles.